The Bertz CT molecular complexity index is 446. The third kappa shape index (κ3) is 4.07. The van der Waals surface area contributed by atoms with Crippen molar-refractivity contribution in [3.05, 3.63) is 29.8 Å². The van der Waals surface area contributed by atoms with Crippen molar-refractivity contribution in [2.75, 3.05) is 7.05 Å². The molecule has 0 saturated heterocycles. The molecule has 0 aliphatic heterocycles. The molecule has 0 aliphatic carbocycles. The molecule has 0 fully saturated rings. The maximum absolute atomic E-state index is 11.5. The fourth-order valence-corrected chi connectivity index (χ4v) is 6.42. The fourth-order valence-electron chi connectivity index (χ4n) is 1.52. The molecule has 0 radical (unpaired) electrons. The third-order valence-corrected chi connectivity index (χ3v) is 7.86. The monoisotopic (exact) mass is 349 g/mol. The van der Waals surface area contributed by atoms with Crippen molar-refractivity contribution in [1.29, 1.82) is 0 Å². The SMILES string of the molecule is CNS(=O)(=O)c1ccc([CH2][Sn]([CH3])([CH3])[CH3])cc1. The Hall–Kier alpha value is -0.0713. The quantitative estimate of drug-likeness (QED) is 0.847. The number of hydrogen-bond donors (Lipinski definition) is 1. The number of rotatable bonds is 4. The number of hydrogen-bond acceptors (Lipinski definition) is 2. The molecule has 1 aromatic carbocycles. The standard InChI is InChI=1S/C8H10NO2S.3CH3.Sn/c1-7-3-5-8(6-4-7)12(10,11)9-2;;;;/h3-6,9H,1H2,2H3;3*1H3;. The van der Waals surface area contributed by atoms with Crippen molar-refractivity contribution < 1.29 is 8.42 Å². The van der Waals surface area contributed by atoms with E-state index in [9.17, 15) is 8.42 Å². The summed E-state index contributed by atoms with van der Waals surface area (Å²) in [5.74, 6) is 0. The summed E-state index contributed by atoms with van der Waals surface area (Å²) in [6, 6.07) is 7.20. The van der Waals surface area contributed by atoms with Crippen LogP contribution in [0.4, 0.5) is 0 Å². The van der Waals surface area contributed by atoms with Crippen LogP contribution in [0.15, 0.2) is 29.2 Å². The van der Waals surface area contributed by atoms with Crippen molar-refractivity contribution in [1.82, 2.24) is 4.72 Å². The van der Waals surface area contributed by atoms with E-state index >= 15 is 0 Å². The van der Waals surface area contributed by atoms with Gasteiger partial charge in [0.25, 0.3) is 0 Å². The van der Waals surface area contributed by atoms with Crippen molar-refractivity contribution >= 4 is 28.4 Å². The van der Waals surface area contributed by atoms with Crippen molar-refractivity contribution in [3.63, 3.8) is 0 Å². The van der Waals surface area contributed by atoms with Crippen molar-refractivity contribution in [3.8, 4) is 0 Å². The summed E-state index contributed by atoms with van der Waals surface area (Å²) >= 11 is -1.82. The van der Waals surface area contributed by atoms with E-state index in [2.05, 4.69) is 19.5 Å². The van der Waals surface area contributed by atoms with E-state index in [4.69, 9.17) is 0 Å². The minimum atomic E-state index is -3.29. The molecule has 1 rings (SSSR count). The van der Waals surface area contributed by atoms with Crippen LogP contribution in [0.5, 0.6) is 0 Å². The maximum atomic E-state index is 11.5. The second kappa shape index (κ2) is 5.06. The van der Waals surface area contributed by atoms with Gasteiger partial charge in [-0.1, -0.05) is 0 Å². The van der Waals surface area contributed by atoms with Crippen LogP contribution in [0.3, 0.4) is 0 Å². The average molecular weight is 348 g/mol. The Morgan fingerprint density at radius 2 is 1.62 bits per heavy atom. The molecule has 1 N–H and O–H groups in total. The van der Waals surface area contributed by atoms with Crippen LogP contribution in [0.1, 0.15) is 5.56 Å². The summed E-state index contributed by atoms with van der Waals surface area (Å²) in [5.41, 5.74) is 1.25. The predicted molar refractivity (Wildman–Crippen MR) is 69.7 cm³/mol. The van der Waals surface area contributed by atoms with Crippen LogP contribution < -0.4 is 4.72 Å². The molecule has 0 saturated carbocycles. The number of sulfonamides is 1. The van der Waals surface area contributed by atoms with Gasteiger partial charge in [-0.05, 0) is 0 Å². The van der Waals surface area contributed by atoms with Gasteiger partial charge < -0.3 is 0 Å². The zero-order valence-corrected chi connectivity index (χ0v) is 13.9. The van der Waals surface area contributed by atoms with Gasteiger partial charge in [0.1, 0.15) is 0 Å². The van der Waals surface area contributed by atoms with E-state index in [1.54, 1.807) is 12.1 Å². The summed E-state index contributed by atoms with van der Waals surface area (Å²) < 4.78 is 26.5. The molecule has 3 nitrogen and oxygen atoms in total. The molecule has 1 aromatic rings. The first-order chi connectivity index (χ1) is 7.24. The second-order valence-electron chi connectivity index (χ2n) is 5.09. The summed E-state index contributed by atoms with van der Waals surface area (Å²) in [6.45, 7) is 0. The Morgan fingerprint density at radius 3 is 2.00 bits per heavy atom. The molecule has 0 amide bonds. The van der Waals surface area contributed by atoms with Gasteiger partial charge in [0.15, 0.2) is 0 Å². The normalized spacial score (nSPS) is 12.8. The van der Waals surface area contributed by atoms with Crippen LogP contribution in [-0.2, 0) is 14.5 Å². The van der Waals surface area contributed by atoms with Gasteiger partial charge in [0.05, 0.1) is 0 Å². The van der Waals surface area contributed by atoms with Gasteiger partial charge >= 0.3 is 103 Å². The van der Waals surface area contributed by atoms with E-state index in [-0.39, 0.29) is 0 Å². The van der Waals surface area contributed by atoms with Crippen LogP contribution >= 0.6 is 0 Å². The first kappa shape index (κ1) is 14.0. The molecular formula is C11H19NO2SSn. The molecule has 0 aromatic heterocycles. The van der Waals surface area contributed by atoms with E-state index in [0.29, 0.717) is 4.90 Å². The molecule has 5 heteroatoms. The Morgan fingerprint density at radius 1 is 1.12 bits per heavy atom. The second-order valence-corrected chi connectivity index (χ2v) is 22.6. The van der Waals surface area contributed by atoms with Crippen LogP contribution in [-0.4, -0.2) is 33.8 Å². The van der Waals surface area contributed by atoms with Crippen LogP contribution in [0, 0.1) is 0 Å². The zero-order chi connectivity index (χ0) is 12.4. The van der Waals surface area contributed by atoms with Gasteiger partial charge in [-0.15, -0.1) is 0 Å². The Kier molecular flexibility index (Phi) is 4.42. The predicted octanol–water partition coefficient (Wildman–Crippen LogP) is 2.01. The molecule has 0 atom stereocenters. The summed E-state index contributed by atoms with van der Waals surface area (Å²) in [7, 11) is -1.87. The molecule has 0 heterocycles. The van der Waals surface area contributed by atoms with E-state index in [0.717, 1.165) is 4.44 Å². The van der Waals surface area contributed by atoms with Crippen LogP contribution in [0.25, 0.3) is 0 Å². The fraction of sp³-hybridized carbons (Fsp3) is 0.455. The van der Waals surface area contributed by atoms with Crippen LogP contribution in [0.2, 0.25) is 14.8 Å². The molecular weight excluding hydrogens is 329 g/mol. The van der Waals surface area contributed by atoms with Gasteiger partial charge in [0.2, 0.25) is 0 Å². The van der Waals surface area contributed by atoms with E-state index in [1.807, 2.05) is 12.1 Å². The summed E-state index contributed by atoms with van der Waals surface area (Å²) in [5, 5.41) is 0. The molecule has 0 bridgehead atoms. The average Bonchev–Trinajstić information content (AvgIpc) is 2.16. The van der Waals surface area contributed by atoms with Crippen molar-refractivity contribution in [2.45, 2.75) is 24.2 Å². The van der Waals surface area contributed by atoms with E-state index < -0.39 is 28.4 Å². The summed E-state index contributed by atoms with van der Waals surface area (Å²) in [4.78, 5) is 7.44. The molecule has 0 spiro atoms. The Balaban J connectivity index is 2.93. The number of nitrogens with one attached hydrogen (secondary N) is 1. The number of benzene rings is 1. The molecule has 0 unspecified atom stereocenters. The summed E-state index contributed by atoms with van der Waals surface area (Å²) in [6.07, 6.45) is 0. The van der Waals surface area contributed by atoms with Gasteiger partial charge in [0, 0.05) is 0 Å². The Labute approximate surface area is 102 Å². The minimum absolute atomic E-state index is 0.336. The molecule has 0 aliphatic rings. The first-order valence-electron chi connectivity index (χ1n) is 5.27. The molecule has 16 heavy (non-hydrogen) atoms. The molecule has 90 valence electrons. The third-order valence-electron chi connectivity index (χ3n) is 2.24. The van der Waals surface area contributed by atoms with Gasteiger partial charge in [-0.3, -0.25) is 0 Å². The first-order valence-corrected chi connectivity index (χ1v) is 17.3. The van der Waals surface area contributed by atoms with Gasteiger partial charge in [-0.2, -0.15) is 0 Å². The van der Waals surface area contributed by atoms with Gasteiger partial charge in [-0.25, -0.2) is 0 Å². The van der Waals surface area contributed by atoms with E-state index in [1.165, 1.54) is 12.6 Å². The van der Waals surface area contributed by atoms with Crippen molar-refractivity contribution in [2.24, 2.45) is 0 Å². The zero-order valence-electron chi connectivity index (χ0n) is 10.2. The topological polar surface area (TPSA) is 46.2 Å².